The lowest BCUT2D eigenvalue weighted by molar-refractivity contribution is 0.0589. The molecule has 0 aromatic carbocycles. The number of rotatable bonds is 3. The number of anilines is 1. The van der Waals surface area contributed by atoms with Crippen LogP contribution < -0.4 is 5.73 Å². The molecule has 0 aliphatic carbocycles. The molecule has 0 aliphatic rings. The summed E-state index contributed by atoms with van der Waals surface area (Å²) in [7, 11) is 0. The highest BCUT2D eigenvalue weighted by molar-refractivity contribution is 5.65. The molecule has 96 valence electrons. The summed E-state index contributed by atoms with van der Waals surface area (Å²) in [6.45, 7) is 3.65. The van der Waals surface area contributed by atoms with Crippen LogP contribution in [-0.4, -0.2) is 20.9 Å². The highest BCUT2D eigenvalue weighted by atomic mass is 16.7. The summed E-state index contributed by atoms with van der Waals surface area (Å²) in [5, 5.41) is 13.1. The third-order valence-electron chi connectivity index (χ3n) is 2.79. The summed E-state index contributed by atoms with van der Waals surface area (Å²) < 4.78 is 6.49. The molecule has 0 aliphatic heterocycles. The average molecular weight is 249 g/mol. The lowest BCUT2D eigenvalue weighted by atomic mass is 10.1. The first-order valence-electron chi connectivity index (χ1n) is 5.69. The fourth-order valence-electron chi connectivity index (χ4n) is 2.04. The molecule has 0 bridgehead atoms. The Morgan fingerprint density at radius 3 is 3.00 bits per heavy atom. The zero-order valence-corrected chi connectivity index (χ0v) is 10.3. The summed E-state index contributed by atoms with van der Waals surface area (Å²) in [5.41, 5.74) is 8.72. The Kier molecular flexibility index (Phi) is 3.10. The van der Waals surface area contributed by atoms with Gasteiger partial charge in [-0.3, -0.25) is 0 Å². The van der Waals surface area contributed by atoms with Crippen LogP contribution in [0.1, 0.15) is 31.2 Å². The third kappa shape index (κ3) is 2.09. The van der Waals surface area contributed by atoms with E-state index in [4.69, 9.17) is 15.6 Å². The summed E-state index contributed by atoms with van der Waals surface area (Å²) in [6, 6.07) is 3.51. The van der Waals surface area contributed by atoms with E-state index in [0.29, 0.717) is 12.1 Å². The standard InChI is InChI=1S/C12H15N3O3/c1-3-9-11(7(2)18-12(16)17)10-6-8(13)4-5-15(10)14-9/h4-7H,3,13H2,1-2H3,(H,16,17). The first-order chi connectivity index (χ1) is 8.52. The second-order valence-corrected chi connectivity index (χ2v) is 4.03. The van der Waals surface area contributed by atoms with E-state index < -0.39 is 12.3 Å². The molecule has 0 saturated heterocycles. The number of carbonyl (C=O) groups is 1. The van der Waals surface area contributed by atoms with Gasteiger partial charge in [0.1, 0.15) is 6.10 Å². The van der Waals surface area contributed by atoms with Gasteiger partial charge in [0.2, 0.25) is 0 Å². The lowest BCUT2D eigenvalue weighted by Gasteiger charge is -2.11. The number of hydrogen-bond acceptors (Lipinski definition) is 4. The summed E-state index contributed by atoms with van der Waals surface area (Å²) in [4.78, 5) is 10.6. The number of pyridine rings is 1. The summed E-state index contributed by atoms with van der Waals surface area (Å²) >= 11 is 0. The molecule has 1 atom stereocenters. The van der Waals surface area contributed by atoms with Crippen LogP contribution in [0.2, 0.25) is 0 Å². The molecule has 6 nitrogen and oxygen atoms in total. The largest absolute Gasteiger partial charge is 0.506 e. The number of fused-ring (bicyclic) bond motifs is 1. The molecule has 2 rings (SSSR count). The zero-order valence-electron chi connectivity index (χ0n) is 10.3. The second-order valence-electron chi connectivity index (χ2n) is 4.03. The average Bonchev–Trinajstić information content (AvgIpc) is 2.65. The van der Waals surface area contributed by atoms with E-state index in [2.05, 4.69) is 5.10 Å². The van der Waals surface area contributed by atoms with E-state index in [1.807, 2.05) is 6.92 Å². The molecule has 3 N–H and O–H groups in total. The van der Waals surface area contributed by atoms with E-state index in [0.717, 1.165) is 16.8 Å². The summed E-state index contributed by atoms with van der Waals surface area (Å²) in [5.74, 6) is 0. The van der Waals surface area contributed by atoms with Gasteiger partial charge >= 0.3 is 6.16 Å². The molecule has 6 heteroatoms. The van der Waals surface area contributed by atoms with Crippen LogP contribution in [0.5, 0.6) is 0 Å². The number of nitrogens with two attached hydrogens (primary N) is 1. The molecular weight excluding hydrogens is 234 g/mol. The maximum absolute atomic E-state index is 10.6. The van der Waals surface area contributed by atoms with E-state index in [1.165, 1.54) is 0 Å². The fourth-order valence-corrected chi connectivity index (χ4v) is 2.04. The van der Waals surface area contributed by atoms with Crippen LogP contribution in [-0.2, 0) is 11.2 Å². The highest BCUT2D eigenvalue weighted by Gasteiger charge is 2.20. The van der Waals surface area contributed by atoms with Gasteiger partial charge in [-0.05, 0) is 25.5 Å². The molecule has 0 amide bonds. The highest BCUT2D eigenvalue weighted by Crippen LogP contribution is 2.27. The van der Waals surface area contributed by atoms with Crippen molar-refractivity contribution in [3.8, 4) is 0 Å². The molecule has 0 radical (unpaired) electrons. The molecular formula is C12H15N3O3. The SMILES string of the molecule is CCc1nn2ccc(N)cc2c1C(C)OC(=O)O. The Hall–Kier alpha value is -2.24. The van der Waals surface area contributed by atoms with Gasteiger partial charge in [-0.1, -0.05) is 6.92 Å². The normalized spacial score (nSPS) is 12.6. The topological polar surface area (TPSA) is 89.9 Å². The number of aromatic nitrogens is 2. The van der Waals surface area contributed by atoms with E-state index in [9.17, 15) is 4.79 Å². The van der Waals surface area contributed by atoms with E-state index >= 15 is 0 Å². The van der Waals surface area contributed by atoms with Gasteiger partial charge < -0.3 is 15.6 Å². The van der Waals surface area contributed by atoms with Crippen molar-refractivity contribution in [1.82, 2.24) is 9.61 Å². The van der Waals surface area contributed by atoms with Gasteiger partial charge in [-0.25, -0.2) is 9.31 Å². The minimum absolute atomic E-state index is 0.572. The van der Waals surface area contributed by atoms with Crippen molar-refractivity contribution in [2.75, 3.05) is 5.73 Å². The third-order valence-corrected chi connectivity index (χ3v) is 2.79. The van der Waals surface area contributed by atoms with Crippen LogP contribution >= 0.6 is 0 Å². The van der Waals surface area contributed by atoms with Crippen LogP contribution in [0.4, 0.5) is 10.5 Å². The van der Waals surface area contributed by atoms with Gasteiger partial charge in [0, 0.05) is 17.4 Å². The predicted molar refractivity (Wildman–Crippen MR) is 66.5 cm³/mol. The molecule has 0 spiro atoms. The predicted octanol–water partition coefficient (Wildman–Crippen LogP) is 2.23. The lowest BCUT2D eigenvalue weighted by Crippen LogP contribution is -2.07. The van der Waals surface area contributed by atoms with Gasteiger partial charge in [-0.15, -0.1) is 0 Å². The first-order valence-corrected chi connectivity index (χ1v) is 5.69. The van der Waals surface area contributed by atoms with E-state index in [-0.39, 0.29) is 0 Å². The molecule has 2 aromatic rings. The molecule has 18 heavy (non-hydrogen) atoms. The first kappa shape index (κ1) is 12.2. The van der Waals surface area contributed by atoms with Crippen molar-refractivity contribution in [3.05, 3.63) is 29.6 Å². The van der Waals surface area contributed by atoms with Crippen molar-refractivity contribution >= 4 is 17.4 Å². The Bertz CT molecular complexity index is 592. The van der Waals surface area contributed by atoms with Crippen LogP contribution in [0.15, 0.2) is 18.3 Å². The maximum Gasteiger partial charge on any atom is 0.506 e. The number of ether oxygens (including phenoxy) is 1. The zero-order chi connectivity index (χ0) is 13.3. The minimum Gasteiger partial charge on any atom is -0.450 e. The minimum atomic E-state index is -1.30. The number of nitrogen functional groups attached to an aromatic ring is 1. The van der Waals surface area contributed by atoms with E-state index in [1.54, 1.807) is 29.8 Å². The molecule has 0 fully saturated rings. The fraction of sp³-hybridized carbons (Fsp3) is 0.333. The van der Waals surface area contributed by atoms with Gasteiger partial charge in [0.25, 0.3) is 0 Å². The molecule has 2 heterocycles. The number of carboxylic acid groups (broad SMARTS) is 1. The Morgan fingerprint density at radius 1 is 1.67 bits per heavy atom. The van der Waals surface area contributed by atoms with Crippen LogP contribution in [0.25, 0.3) is 5.52 Å². The second kappa shape index (κ2) is 4.56. The van der Waals surface area contributed by atoms with Crippen molar-refractivity contribution in [2.24, 2.45) is 0 Å². The molecule has 2 aromatic heterocycles. The van der Waals surface area contributed by atoms with Gasteiger partial charge in [0.15, 0.2) is 0 Å². The smallest absolute Gasteiger partial charge is 0.450 e. The maximum atomic E-state index is 10.6. The van der Waals surface area contributed by atoms with Gasteiger partial charge in [0.05, 0.1) is 11.2 Å². The van der Waals surface area contributed by atoms with Crippen LogP contribution in [0.3, 0.4) is 0 Å². The quantitative estimate of drug-likeness (QED) is 0.814. The Labute approximate surface area is 104 Å². The summed E-state index contributed by atoms with van der Waals surface area (Å²) in [6.07, 6.45) is 0.579. The van der Waals surface area contributed by atoms with Crippen LogP contribution in [0, 0.1) is 0 Å². The Balaban J connectivity index is 2.58. The monoisotopic (exact) mass is 249 g/mol. The Morgan fingerprint density at radius 2 is 2.39 bits per heavy atom. The van der Waals surface area contributed by atoms with Gasteiger partial charge in [-0.2, -0.15) is 5.10 Å². The van der Waals surface area contributed by atoms with Crippen molar-refractivity contribution in [1.29, 1.82) is 0 Å². The molecule has 0 saturated carbocycles. The van der Waals surface area contributed by atoms with Crippen molar-refractivity contribution in [3.63, 3.8) is 0 Å². The number of aryl methyl sites for hydroxylation is 1. The molecule has 1 unspecified atom stereocenters. The van der Waals surface area contributed by atoms with Crippen molar-refractivity contribution < 1.29 is 14.6 Å². The van der Waals surface area contributed by atoms with Crippen molar-refractivity contribution in [2.45, 2.75) is 26.4 Å². The number of nitrogens with zero attached hydrogens (tertiary/aromatic N) is 2. The number of hydrogen-bond donors (Lipinski definition) is 2.